The highest BCUT2D eigenvalue weighted by molar-refractivity contribution is 7.89. The van der Waals surface area contributed by atoms with Gasteiger partial charge in [-0.2, -0.15) is 4.72 Å². The highest BCUT2D eigenvalue weighted by Crippen LogP contribution is 2.16. The van der Waals surface area contributed by atoms with Gasteiger partial charge in [-0.1, -0.05) is 18.2 Å². The van der Waals surface area contributed by atoms with Crippen LogP contribution >= 0.6 is 0 Å². The maximum absolute atomic E-state index is 12.5. The summed E-state index contributed by atoms with van der Waals surface area (Å²) in [5, 5.41) is 0. The van der Waals surface area contributed by atoms with Gasteiger partial charge in [0.15, 0.2) is 11.8 Å². The normalized spacial score (nSPS) is 12.6. The molecule has 8 heteroatoms. The van der Waals surface area contributed by atoms with Crippen molar-refractivity contribution >= 4 is 21.8 Å². The van der Waals surface area contributed by atoms with E-state index in [1.54, 1.807) is 32.0 Å². The van der Waals surface area contributed by atoms with Gasteiger partial charge in [-0.3, -0.25) is 4.79 Å². The van der Waals surface area contributed by atoms with Crippen LogP contribution in [0.4, 0.5) is 0 Å². The molecular weight excluding hydrogens is 334 g/mol. The highest BCUT2D eigenvalue weighted by Gasteiger charge is 2.35. The Bertz CT molecular complexity index is 826. The van der Waals surface area contributed by atoms with E-state index in [1.165, 1.54) is 24.5 Å². The van der Waals surface area contributed by atoms with E-state index in [4.69, 9.17) is 9.15 Å². The van der Waals surface area contributed by atoms with E-state index in [2.05, 4.69) is 4.72 Å². The second-order valence-corrected chi connectivity index (χ2v) is 6.60. The number of rotatable bonds is 7. The Morgan fingerprint density at radius 1 is 1.21 bits per heavy atom. The van der Waals surface area contributed by atoms with Crippen molar-refractivity contribution in [2.45, 2.75) is 24.8 Å². The van der Waals surface area contributed by atoms with Gasteiger partial charge in [0.25, 0.3) is 0 Å². The number of sulfonamides is 1. The highest BCUT2D eigenvalue weighted by atomic mass is 32.2. The third kappa shape index (κ3) is 3.90. The summed E-state index contributed by atoms with van der Waals surface area (Å²) in [6.45, 7) is 3.18. The maximum Gasteiger partial charge on any atom is 0.332 e. The van der Waals surface area contributed by atoms with Crippen molar-refractivity contribution in [3.05, 3.63) is 54.0 Å². The van der Waals surface area contributed by atoms with Gasteiger partial charge in [0.2, 0.25) is 15.8 Å². The van der Waals surface area contributed by atoms with Crippen LogP contribution < -0.4 is 4.72 Å². The van der Waals surface area contributed by atoms with Gasteiger partial charge in [0.1, 0.15) is 0 Å². The molecule has 1 N–H and O–H groups in total. The van der Waals surface area contributed by atoms with Gasteiger partial charge in [-0.25, -0.2) is 13.2 Å². The van der Waals surface area contributed by atoms with Gasteiger partial charge >= 0.3 is 5.97 Å². The number of carbonyl (C=O) groups excluding carboxylic acids is 2. The summed E-state index contributed by atoms with van der Waals surface area (Å²) in [4.78, 5) is 24.4. The Morgan fingerprint density at radius 2 is 1.92 bits per heavy atom. The molecule has 1 heterocycles. The molecular formula is C16H17NO6S. The summed E-state index contributed by atoms with van der Waals surface area (Å²) < 4.78 is 37.0. The monoisotopic (exact) mass is 351 g/mol. The zero-order valence-corrected chi connectivity index (χ0v) is 14.0. The number of carbonyl (C=O) groups is 2. The minimum Gasteiger partial charge on any atom is -0.464 e. The molecule has 1 aromatic heterocycles. The molecule has 0 saturated heterocycles. The zero-order chi connectivity index (χ0) is 17.7. The lowest BCUT2D eigenvalue weighted by Gasteiger charge is -2.16. The number of furan rings is 1. The minimum atomic E-state index is -4.10. The molecule has 0 spiro atoms. The van der Waals surface area contributed by atoms with E-state index < -0.39 is 27.8 Å². The number of esters is 1. The van der Waals surface area contributed by atoms with Crippen molar-refractivity contribution < 1.29 is 27.2 Å². The van der Waals surface area contributed by atoms with Crippen molar-refractivity contribution in [1.82, 2.24) is 4.72 Å². The molecule has 128 valence electrons. The molecule has 0 bridgehead atoms. The van der Waals surface area contributed by atoms with E-state index >= 15 is 0 Å². The minimum absolute atomic E-state index is 0.00681. The van der Waals surface area contributed by atoms with Crippen LogP contribution in [0, 0.1) is 6.92 Å². The summed E-state index contributed by atoms with van der Waals surface area (Å²) >= 11 is 0. The molecule has 24 heavy (non-hydrogen) atoms. The smallest absolute Gasteiger partial charge is 0.332 e. The number of benzene rings is 1. The van der Waals surface area contributed by atoms with E-state index in [1.807, 2.05) is 0 Å². The molecule has 0 aliphatic rings. The summed E-state index contributed by atoms with van der Waals surface area (Å²) in [7, 11) is -4.10. The van der Waals surface area contributed by atoms with Crippen molar-refractivity contribution in [3.63, 3.8) is 0 Å². The van der Waals surface area contributed by atoms with E-state index in [0.29, 0.717) is 5.56 Å². The van der Waals surface area contributed by atoms with Crippen LogP contribution in [-0.4, -0.2) is 32.8 Å². The molecule has 0 fully saturated rings. The first kappa shape index (κ1) is 17.9. The molecule has 0 aliphatic carbocycles. The zero-order valence-electron chi connectivity index (χ0n) is 13.2. The number of Topliss-reactive ketones (excluding diaryl/α,β-unsaturated/α-hetero) is 1. The molecule has 0 radical (unpaired) electrons. The van der Waals surface area contributed by atoms with Gasteiger partial charge in [-0.05, 0) is 37.6 Å². The standard InChI is InChI=1S/C16H17NO6S/c1-3-22-16(19)14(15(18)12-8-6-10-23-12)17-24(20,21)13-9-5-4-7-11(13)2/h4-10,14,17H,3H2,1-2H3. The molecule has 1 aromatic carbocycles. The Labute approximate surface area is 139 Å². The fraction of sp³-hybridized carbons (Fsp3) is 0.250. The second kappa shape index (κ2) is 7.41. The lowest BCUT2D eigenvalue weighted by Crippen LogP contribution is -2.47. The van der Waals surface area contributed by atoms with Gasteiger partial charge in [0.05, 0.1) is 17.8 Å². The first-order valence-corrected chi connectivity index (χ1v) is 8.67. The predicted octanol–water partition coefficient (Wildman–Crippen LogP) is 1.68. The van der Waals surface area contributed by atoms with Gasteiger partial charge in [0, 0.05) is 0 Å². The van der Waals surface area contributed by atoms with Crippen molar-refractivity contribution in [2.24, 2.45) is 0 Å². The fourth-order valence-corrected chi connectivity index (χ4v) is 3.46. The Hall–Kier alpha value is -2.45. The van der Waals surface area contributed by atoms with Crippen LogP contribution in [-0.2, 0) is 19.6 Å². The van der Waals surface area contributed by atoms with Gasteiger partial charge in [-0.15, -0.1) is 0 Å². The molecule has 1 atom stereocenters. The SMILES string of the molecule is CCOC(=O)C(NS(=O)(=O)c1ccccc1C)C(=O)c1ccco1. The average Bonchev–Trinajstić information content (AvgIpc) is 3.07. The Morgan fingerprint density at radius 3 is 2.50 bits per heavy atom. The number of aryl methyl sites for hydroxylation is 1. The van der Waals surface area contributed by atoms with Crippen molar-refractivity contribution in [1.29, 1.82) is 0 Å². The van der Waals surface area contributed by atoms with Crippen LogP contribution in [0.5, 0.6) is 0 Å². The number of hydrogen-bond donors (Lipinski definition) is 1. The number of ketones is 1. The average molecular weight is 351 g/mol. The molecule has 0 amide bonds. The summed E-state index contributed by atoms with van der Waals surface area (Å²) in [5.74, 6) is -1.95. The lowest BCUT2D eigenvalue weighted by atomic mass is 10.1. The maximum atomic E-state index is 12.5. The van der Waals surface area contributed by atoms with Crippen LogP contribution in [0.15, 0.2) is 52.0 Å². The van der Waals surface area contributed by atoms with Crippen LogP contribution in [0.3, 0.4) is 0 Å². The third-order valence-corrected chi connectivity index (χ3v) is 4.79. The molecule has 2 aromatic rings. The second-order valence-electron chi connectivity index (χ2n) is 4.91. The van der Waals surface area contributed by atoms with E-state index in [0.717, 1.165) is 0 Å². The molecule has 7 nitrogen and oxygen atoms in total. The largest absolute Gasteiger partial charge is 0.464 e. The quantitative estimate of drug-likeness (QED) is 0.462. The summed E-state index contributed by atoms with van der Waals surface area (Å²) in [5.41, 5.74) is 0.484. The van der Waals surface area contributed by atoms with Crippen molar-refractivity contribution in [2.75, 3.05) is 6.61 Å². The number of hydrogen-bond acceptors (Lipinski definition) is 6. The first-order valence-electron chi connectivity index (χ1n) is 7.19. The van der Waals surface area contributed by atoms with Crippen LogP contribution in [0.25, 0.3) is 0 Å². The van der Waals surface area contributed by atoms with Crippen LogP contribution in [0.2, 0.25) is 0 Å². The number of nitrogens with one attached hydrogen (secondary N) is 1. The van der Waals surface area contributed by atoms with Crippen molar-refractivity contribution in [3.8, 4) is 0 Å². The van der Waals surface area contributed by atoms with E-state index in [-0.39, 0.29) is 17.3 Å². The Kier molecular flexibility index (Phi) is 5.53. The van der Waals surface area contributed by atoms with E-state index in [9.17, 15) is 18.0 Å². The fourth-order valence-electron chi connectivity index (χ4n) is 2.07. The summed E-state index contributed by atoms with van der Waals surface area (Å²) in [6, 6.07) is 7.32. The number of ether oxygens (including phenoxy) is 1. The molecule has 0 aliphatic heterocycles. The Balaban J connectivity index is 2.36. The summed E-state index contributed by atoms with van der Waals surface area (Å²) in [6.07, 6.45) is 1.26. The van der Waals surface area contributed by atoms with Crippen LogP contribution in [0.1, 0.15) is 23.0 Å². The van der Waals surface area contributed by atoms with Gasteiger partial charge < -0.3 is 9.15 Å². The predicted molar refractivity (Wildman–Crippen MR) is 85.0 cm³/mol. The molecule has 2 rings (SSSR count). The molecule has 1 unspecified atom stereocenters. The topological polar surface area (TPSA) is 103 Å². The third-order valence-electron chi connectivity index (χ3n) is 3.20. The molecule has 0 saturated carbocycles. The first-order chi connectivity index (χ1) is 11.4. The lowest BCUT2D eigenvalue weighted by molar-refractivity contribution is -0.143.